The number of nitriles is 1. The van der Waals surface area contributed by atoms with Gasteiger partial charge in [-0.2, -0.15) is 5.26 Å². The summed E-state index contributed by atoms with van der Waals surface area (Å²) in [5.41, 5.74) is 2.57. The highest BCUT2D eigenvalue weighted by Gasteiger charge is 2.24. The molecule has 0 amide bonds. The average Bonchev–Trinajstić information content (AvgIpc) is 3.06. The standard InChI is InChI=1S/C19H18N4S/c1-13-6-7-18(21-16(13)12-20)23-10-8-14(9-11-23)19-22-15-4-2-3-5-17(15)24-19/h2-7,14H,8-11H2,1H3. The second-order valence-electron chi connectivity index (χ2n) is 6.23. The Balaban J connectivity index is 1.49. The topological polar surface area (TPSA) is 52.8 Å². The van der Waals surface area contributed by atoms with Crippen molar-refractivity contribution < 1.29 is 0 Å². The number of anilines is 1. The summed E-state index contributed by atoms with van der Waals surface area (Å²) in [4.78, 5) is 11.6. The maximum absolute atomic E-state index is 9.16. The molecule has 4 nitrogen and oxygen atoms in total. The molecule has 0 saturated carbocycles. The van der Waals surface area contributed by atoms with Crippen molar-refractivity contribution >= 4 is 27.4 Å². The second-order valence-corrected chi connectivity index (χ2v) is 7.29. The van der Waals surface area contributed by atoms with Gasteiger partial charge in [0, 0.05) is 19.0 Å². The third-order valence-electron chi connectivity index (χ3n) is 4.67. The molecule has 0 bridgehead atoms. The van der Waals surface area contributed by atoms with Crippen LogP contribution in [0.25, 0.3) is 10.2 Å². The van der Waals surface area contributed by atoms with Crippen LogP contribution in [-0.2, 0) is 0 Å². The molecule has 1 aliphatic rings. The fraction of sp³-hybridized carbons (Fsp3) is 0.316. The van der Waals surface area contributed by atoms with Crippen LogP contribution in [0.15, 0.2) is 36.4 Å². The van der Waals surface area contributed by atoms with E-state index in [-0.39, 0.29) is 0 Å². The third kappa shape index (κ3) is 2.74. The SMILES string of the molecule is Cc1ccc(N2CCC(c3nc4ccccc4s3)CC2)nc1C#N. The van der Waals surface area contributed by atoms with Gasteiger partial charge < -0.3 is 4.90 Å². The van der Waals surface area contributed by atoms with E-state index in [1.54, 1.807) is 0 Å². The third-order valence-corrected chi connectivity index (χ3v) is 5.87. The highest BCUT2D eigenvalue weighted by Crippen LogP contribution is 2.34. The van der Waals surface area contributed by atoms with Crippen molar-refractivity contribution in [3.05, 3.63) is 52.7 Å². The second kappa shape index (κ2) is 6.21. The first kappa shape index (κ1) is 15.1. The monoisotopic (exact) mass is 334 g/mol. The summed E-state index contributed by atoms with van der Waals surface area (Å²) in [6, 6.07) is 14.5. The molecule has 0 aliphatic carbocycles. The fourth-order valence-corrected chi connectivity index (χ4v) is 4.36. The van der Waals surface area contributed by atoms with Crippen molar-refractivity contribution in [3.63, 3.8) is 0 Å². The number of pyridine rings is 1. The van der Waals surface area contributed by atoms with Gasteiger partial charge in [-0.05, 0) is 43.5 Å². The molecule has 0 unspecified atom stereocenters. The molecule has 0 spiro atoms. The molecule has 120 valence electrons. The van der Waals surface area contributed by atoms with E-state index < -0.39 is 0 Å². The van der Waals surface area contributed by atoms with Crippen LogP contribution in [0.1, 0.15) is 35.0 Å². The number of piperidine rings is 1. The molecule has 0 radical (unpaired) electrons. The van der Waals surface area contributed by atoms with Crippen molar-refractivity contribution in [2.75, 3.05) is 18.0 Å². The van der Waals surface area contributed by atoms with Crippen molar-refractivity contribution in [1.29, 1.82) is 5.26 Å². The number of benzene rings is 1. The van der Waals surface area contributed by atoms with Gasteiger partial charge >= 0.3 is 0 Å². The van der Waals surface area contributed by atoms with Gasteiger partial charge in [-0.1, -0.05) is 18.2 Å². The highest BCUT2D eigenvalue weighted by molar-refractivity contribution is 7.18. The zero-order chi connectivity index (χ0) is 16.5. The van der Waals surface area contributed by atoms with Gasteiger partial charge in [-0.15, -0.1) is 11.3 Å². The number of hydrogen-bond acceptors (Lipinski definition) is 5. The molecule has 1 saturated heterocycles. The van der Waals surface area contributed by atoms with Crippen molar-refractivity contribution in [2.24, 2.45) is 0 Å². The molecule has 3 heterocycles. The van der Waals surface area contributed by atoms with Crippen molar-refractivity contribution in [3.8, 4) is 6.07 Å². The Morgan fingerprint density at radius 2 is 1.92 bits per heavy atom. The Bertz CT molecular complexity index is 884. The Labute approximate surface area is 145 Å². The number of fused-ring (bicyclic) bond motifs is 1. The maximum Gasteiger partial charge on any atom is 0.145 e. The lowest BCUT2D eigenvalue weighted by Gasteiger charge is -2.32. The minimum atomic E-state index is 0.527. The van der Waals surface area contributed by atoms with Crippen molar-refractivity contribution in [1.82, 2.24) is 9.97 Å². The maximum atomic E-state index is 9.16. The summed E-state index contributed by atoms with van der Waals surface area (Å²) < 4.78 is 1.27. The van der Waals surface area contributed by atoms with Crippen LogP contribution < -0.4 is 4.90 Å². The predicted octanol–water partition coefficient (Wildman–Crippen LogP) is 4.26. The lowest BCUT2D eigenvalue weighted by molar-refractivity contribution is 0.501. The summed E-state index contributed by atoms with van der Waals surface area (Å²) in [6.07, 6.45) is 2.16. The quantitative estimate of drug-likeness (QED) is 0.703. The number of thiazole rings is 1. The van der Waals surface area contributed by atoms with Gasteiger partial charge in [-0.25, -0.2) is 9.97 Å². The molecule has 1 aromatic carbocycles. The van der Waals surface area contributed by atoms with Crippen molar-refractivity contribution in [2.45, 2.75) is 25.7 Å². The Kier molecular flexibility index (Phi) is 3.91. The number of nitrogens with zero attached hydrogens (tertiary/aromatic N) is 4. The lowest BCUT2D eigenvalue weighted by atomic mass is 9.97. The molecule has 1 fully saturated rings. The predicted molar refractivity (Wildman–Crippen MR) is 97.5 cm³/mol. The molecule has 0 N–H and O–H groups in total. The normalized spacial score (nSPS) is 15.6. The number of rotatable bonds is 2. The zero-order valence-corrected chi connectivity index (χ0v) is 14.4. The van der Waals surface area contributed by atoms with Crippen LogP contribution in [0, 0.1) is 18.3 Å². The zero-order valence-electron chi connectivity index (χ0n) is 13.6. The Morgan fingerprint density at radius 1 is 1.12 bits per heavy atom. The van der Waals surface area contributed by atoms with Crippen LogP contribution in [0.5, 0.6) is 0 Å². The largest absolute Gasteiger partial charge is 0.357 e. The highest BCUT2D eigenvalue weighted by atomic mass is 32.1. The van der Waals surface area contributed by atoms with E-state index in [1.165, 1.54) is 9.71 Å². The van der Waals surface area contributed by atoms with Crippen LogP contribution in [0.2, 0.25) is 0 Å². The van der Waals surface area contributed by atoms with Gasteiger partial charge in [0.25, 0.3) is 0 Å². The Morgan fingerprint density at radius 3 is 2.67 bits per heavy atom. The first-order chi connectivity index (χ1) is 11.7. The van der Waals surface area contributed by atoms with Gasteiger partial charge in [0.05, 0.1) is 15.2 Å². The van der Waals surface area contributed by atoms with Crippen LogP contribution in [-0.4, -0.2) is 23.1 Å². The molecule has 2 aromatic heterocycles. The number of hydrogen-bond donors (Lipinski definition) is 0. The summed E-state index contributed by atoms with van der Waals surface area (Å²) in [6.45, 7) is 3.84. The van der Waals surface area contributed by atoms with Gasteiger partial charge in [-0.3, -0.25) is 0 Å². The summed E-state index contributed by atoms with van der Waals surface area (Å²) in [5.74, 6) is 1.44. The first-order valence-electron chi connectivity index (χ1n) is 8.23. The molecule has 4 rings (SSSR count). The van der Waals surface area contributed by atoms with E-state index in [4.69, 9.17) is 10.2 Å². The van der Waals surface area contributed by atoms with E-state index in [9.17, 15) is 0 Å². The van der Waals surface area contributed by atoms with E-state index in [1.807, 2.05) is 36.5 Å². The molecule has 24 heavy (non-hydrogen) atoms. The molecule has 5 heteroatoms. The first-order valence-corrected chi connectivity index (χ1v) is 9.04. The summed E-state index contributed by atoms with van der Waals surface area (Å²) in [5, 5.41) is 10.4. The van der Waals surface area contributed by atoms with Gasteiger partial charge in [0.1, 0.15) is 17.6 Å². The van der Waals surface area contributed by atoms with Crippen LogP contribution in [0.3, 0.4) is 0 Å². The van der Waals surface area contributed by atoms with E-state index in [0.29, 0.717) is 11.6 Å². The van der Waals surface area contributed by atoms with E-state index >= 15 is 0 Å². The summed E-state index contributed by atoms with van der Waals surface area (Å²) >= 11 is 1.82. The summed E-state index contributed by atoms with van der Waals surface area (Å²) in [7, 11) is 0. The van der Waals surface area contributed by atoms with E-state index in [2.05, 4.69) is 34.2 Å². The Hall–Kier alpha value is -2.45. The minimum absolute atomic E-state index is 0.527. The molecular formula is C19H18N4S. The molecule has 0 atom stereocenters. The lowest BCUT2D eigenvalue weighted by Crippen LogP contribution is -2.33. The van der Waals surface area contributed by atoms with Crippen LogP contribution in [0.4, 0.5) is 5.82 Å². The molecule has 1 aliphatic heterocycles. The fourth-order valence-electron chi connectivity index (χ4n) is 3.23. The van der Waals surface area contributed by atoms with E-state index in [0.717, 1.165) is 42.8 Å². The number of aromatic nitrogens is 2. The number of aryl methyl sites for hydroxylation is 1. The minimum Gasteiger partial charge on any atom is -0.357 e. The smallest absolute Gasteiger partial charge is 0.145 e. The molecular weight excluding hydrogens is 316 g/mol. The molecule has 3 aromatic rings. The van der Waals surface area contributed by atoms with Gasteiger partial charge in [0.15, 0.2) is 0 Å². The van der Waals surface area contributed by atoms with Crippen LogP contribution >= 0.6 is 11.3 Å². The average molecular weight is 334 g/mol. The number of para-hydroxylation sites is 1. The van der Waals surface area contributed by atoms with Gasteiger partial charge in [0.2, 0.25) is 0 Å².